The number of hydrogen-bond acceptors (Lipinski definition) is 6. The van der Waals surface area contributed by atoms with Crippen LogP contribution in [-0.2, 0) is 6.42 Å². The number of benzene rings is 1. The van der Waals surface area contributed by atoms with Crippen LogP contribution in [0.2, 0.25) is 0 Å². The largest absolute Gasteiger partial charge is 0.490 e. The molecule has 2 aliphatic rings. The first-order chi connectivity index (χ1) is 11.8. The third-order valence-electron chi connectivity index (χ3n) is 4.25. The number of nitrogens with one attached hydrogen (secondary N) is 1. The van der Waals surface area contributed by atoms with Gasteiger partial charge in [0.05, 0.1) is 23.5 Å². The van der Waals surface area contributed by atoms with Gasteiger partial charge < -0.3 is 20.1 Å². The van der Waals surface area contributed by atoms with Crippen molar-refractivity contribution in [3.8, 4) is 5.75 Å². The summed E-state index contributed by atoms with van der Waals surface area (Å²) in [6.45, 7) is 4.96. The number of anilines is 2. The molecule has 130 valence electrons. The van der Waals surface area contributed by atoms with Crippen molar-refractivity contribution in [2.75, 3.05) is 18.1 Å². The molecule has 1 aromatic carbocycles. The smallest absolute Gasteiger partial charge is 0.335 e. The standard InChI is InChI=1S/C17H17N3O4S/c1-17(2)8-10-13(14(21)19-17)25-16(18-10)20-5-6-24-12-4-3-9(15(22)23)7-11(12)20/h3-4,7H,5-6,8H2,1-2H3,(H,19,21)(H,22,23). The molecule has 2 aliphatic heterocycles. The van der Waals surface area contributed by atoms with Crippen LogP contribution in [0.25, 0.3) is 0 Å². The second kappa shape index (κ2) is 5.45. The highest BCUT2D eigenvalue weighted by Crippen LogP contribution is 2.41. The van der Waals surface area contributed by atoms with Crippen molar-refractivity contribution in [2.24, 2.45) is 0 Å². The highest BCUT2D eigenvalue weighted by molar-refractivity contribution is 7.17. The predicted octanol–water partition coefficient (Wildman–Crippen LogP) is 2.44. The Balaban J connectivity index is 1.77. The van der Waals surface area contributed by atoms with Crippen molar-refractivity contribution in [1.29, 1.82) is 0 Å². The molecule has 0 saturated heterocycles. The number of carbonyl (C=O) groups is 2. The zero-order valence-corrected chi connectivity index (χ0v) is 14.6. The molecule has 0 saturated carbocycles. The number of aromatic carboxylic acids is 1. The summed E-state index contributed by atoms with van der Waals surface area (Å²) in [4.78, 5) is 30.8. The van der Waals surface area contributed by atoms with Crippen LogP contribution in [0.5, 0.6) is 5.75 Å². The van der Waals surface area contributed by atoms with Gasteiger partial charge in [-0.05, 0) is 32.0 Å². The molecule has 0 atom stereocenters. The molecule has 4 rings (SSSR count). The van der Waals surface area contributed by atoms with Gasteiger partial charge in [-0.15, -0.1) is 0 Å². The molecule has 1 amide bonds. The number of ether oxygens (including phenoxy) is 1. The Morgan fingerprint density at radius 1 is 1.44 bits per heavy atom. The van der Waals surface area contributed by atoms with E-state index in [9.17, 15) is 14.7 Å². The van der Waals surface area contributed by atoms with Gasteiger partial charge in [0, 0.05) is 12.0 Å². The lowest BCUT2D eigenvalue weighted by molar-refractivity contribution is 0.0696. The molecule has 8 heteroatoms. The van der Waals surface area contributed by atoms with Crippen molar-refractivity contribution >= 4 is 34.0 Å². The molecule has 0 spiro atoms. The van der Waals surface area contributed by atoms with Crippen LogP contribution in [0.4, 0.5) is 10.8 Å². The minimum Gasteiger partial charge on any atom is -0.490 e. The summed E-state index contributed by atoms with van der Waals surface area (Å²) < 4.78 is 5.63. The molecule has 0 bridgehead atoms. The molecule has 3 heterocycles. The summed E-state index contributed by atoms with van der Waals surface area (Å²) in [6, 6.07) is 4.77. The van der Waals surface area contributed by atoms with E-state index in [1.807, 2.05) is 18.7 Å². The van der Waals surface area contributed by atoms with E-state index in [1.54, 1.807) is 12.1 Å². The lowest BCUT2D eigenvalue weighted by atomic mass is 9.94. The monoisotopic (exact) mass is 359 g/mol. The van der Waals surface area contributed by atoms with E-state index >= 15 is 0 Å². The second-order valence-electron chi connectivity index (χ2n) is 6.77. The number of nitrogens with zero attached hydrogens (tertiary/aromatic N) is 2. The van der Waals surface area contributed by atoms with Crippen LogP contribution >= 0.6 is 11.3 Å². The molecular formula is C17H17N3O4S. The van der Waals surface area contributed by atoms with Gasteiger partial charge in [-0.1, -0.05) is 11.3 Å². The first-order valence-electron chi connectivity index (χ1n) is 7.94. The number of carboxylic acids is 1. The van der Waals surface area contributed by atoms with E-state index in [0.29, 0.717) is 41.0 Å². The van der Waals surface area contributed by atoms with E-state index < -0.39 is 5.97 Å². The number of hydrogen-bond donors (Lipinski definition) is 2. The molecule has 1 aromatic heterocycles. The number of carbonyl (C=O) groups excluding carboxylic acids is 1. The third kappa shape index (κ3) is 2.72. The zero-order chi connectivity index (χ0) is 17.8. The summed E-state index contributed by atoms with van der Waals surface area (Å²) >= 11 is 1.33. The maximum absolute atomic E-state index is 12.3. The lowest BCUT2D eigenvalue weighted by Crippen LogP contribution is -2.48. The number of fused-ring (bicyclic) bond motifs is 2. The second-order valence-corrected chi connectivity index (χ2v) is 7.75. The van der Waals surface area contributed by atoms with Crippen LogP contribution in [0.3, 0.4) is 0 Å². The number of carboxylic acid groups (broad SMARTS) is 1. The highest BCUT2D eigenvalue weighted by Gasteiger charge is 2.34. The normalized spacial score (nSPS) is 18.0. The van der Waals surface area contributed by atoms with Gasteiger partial charge >= 0.3 is 5.97 Å². The Morgan fingerprint density at radius 2 is 2.24 bits per heavy atom. The minimum atomic E-state index is -0.993. The number of amides is 1. The predicted molar refractivity (Wildman–Crippen MR) is 93.3 cm³/mol. The average Bonchev–Trinajstić information content (AvgIpc) is 2.96. The van der Waals surface area contributed by atoms with Crippen molar-refractivity contribution in [1.82, 2.24) is 10.3 Å². The molecule has 0 aliphatic carbocycles. The van der Waals surface area contributed by atoms with E-state index in [-0.39, 0.29) is 17.0 Å². The zero-order valence-electron chi connectivity index (χ0n) is 13.8. The fourth-order valence-electron chi connectivity index (χ4n) is 3.13. The van der Waals surface area contributed by atoms with Gasteiger partial charge in [-0.3, -0.25) is 4.79 Å². The summed E-state index contributed by atoms with van der Waals surface area (Å²) in [5.74, 6) is -0.482. The maximum atomic E-state index is 12.3. The highest BCUT2D eigenvalue weighted by atomic mass is 32.1. The van der Waals surface area contributed by atoms with Gasteiger partial charge in [-0.2, -0.15) is 0 Å². The summed E-state index contributed by atoms with van der Waals surface area (Å²) in [5, 5.41) is 12.9. The Labute approximate surface area is 148 Å². The number of rotatable bonds is 2. The molecule has 0 unspecified atom stereocenters. The molecule has 2 aromatic rings. The molecule has 0 fully saturated rings. The summed E-state index contributed by atoms with van der Waals surface area (Å²) in [5.41, 5.74) is 1.32. The van der Waals surface area contributed by atoms with E-state index in [2.05, 4.69) is 10.3 Å². The van der Waals surface area contributed by atoms with Crippen LogP contribution in [0.15, 0.2) is 18.2 Å². The van der Waals surface area contributed by atoms with Crippen molar-refractivity contribution in [2.45, 2.75) is 25.8 Å². The fraction of sp³-hybridized carbons (Fsp3) is 0.353. The van der Waals surface area contributed by atoms with Crippen molar-refractivity contribution in [3.63, 3.8) is 0 Å². The van der Waals surface area contributed by atoms with E-state index in [1.165, 1.54) is 17.4 Å². The Bertz CT molecular complexity index is 890. The fourth-order valence-corrected chi connectivity index (χ4v) is 4.15. The Kier molecular flexibility index (Phi) is 3.47. The van der Waals surface area contributed by atoms with Crippen molar-refractivity contribution < 1.29 is 19.4 Å². The number of thiazole rings is 1. The lowest BCUT2D eigenvalue weighted by Gasteiger charge is -2.29. The summed E-state index contributed by atoms with van der Waals surface area (Å²) in [6.07, 6.45) is 0.664. The van der Waals surface area contributed by atoms with Crippen LogP contribution in [0, 0.1) is 0 Å². The third-order valence-corrected chi connectivity index (χ3v) is 5.37. The number of aromatic nitrogens is 1. The Hall–Kier alpha value is -2.61. The Morgan fingerprint density at radius 3 is 3.00 bits per heavy atom. The van der Waals surface area contributed by atoms with Gasteiger partial charge in [0.1, 0.15) is 17.2 Å². The first kappa shape index (κ1) is 15.9. The van der Waals surface area contributed by atoms with E-state index in [0.717, 1.165) is 5.69 Å². The van der Waals surface area contributed by atoms with Crippen LogP contribution in [0.1, 0.15) is 39.6 Å². The minimum absolute atomic E-state index is 0.109. The van der Waals surface area contributed by atoms with E-state index in [4.69, 9.17) is 4.74 Å². The van der Waals surface area contributed by atoms with Gasteiger partial charge in [-0.25, -0.2) is 9.78 Å². The molecule has 0 radical (unpaired) electrons. The van der Waals surface area contributed by atoms with Gasteiger partial charge in [0.25, 0.3) is 5.91 Å². The topological polar surface area (TPSA) is 91.8 Å². The van der Waals surface area contributed by atoms with Crippen molar-refractivity contribution in [3.05, 3.63) is 34.3 Å². The SMILES string of the molecule is CC1(C)Cc2nc(N3CCOc4ccc(C(=O)O)cc43)sc2C(=O)N1. The molecular weight excluding hydrogens is 342 g/mol. The van der Waals surface area contributed by atoms with Gasteiger partial charge in [0.2, 0.25) is 0 Å². The summed E-state index contributed by atoms with van der Waals surface area (Å²) in [7, 11) is 0. The average molecular weight is 359 g/mol. The quantitative estimate of drug-likeness (QED) is 0.856. The molecule has 7 nitrogen and oxygen atoms in total. The molecule has 2 N–H and O–H groups in total. The van der Waals surface area contributed by atoms with Crippen LogP contribution < -0.4 is 15.0 Å². The maximum Gasteiger partial charge on any atom is 0.335 e. The van der Waals surface area contributed by atoms with Crippen LogP contribution in [-0.4, -0.2) is 40.7 Å². The molecule has 25 heavy (non-hydrogen) atoms. The van der Waals surface area contributed by atoms with Gasteiger partial charge in [0.15, 0.2) is 5.13 Å². The first-order valence-corrected chi connectivity index (χ1v) is 8.76.